The van der Waals surface area contributed by atoms with Crippen molar-refractivity contribution < 1.29 is 9.72 Å². The topological polar surface area (TPSA) is 78.7 Å². The third kappa shape index (κ3) is 4.17. The zero-order chi connectivity index (χ0) is 18.7. The Balaban J connectivity index is 1.55. The fourth-order valence-electron chi connectivity index (χ4n) is 2.73. The van der Waals surface area contributed by atoms with Gasteiger partial charge < -0.3 is 15.1 Å². The molecular weight excluding hydrogens is 372 g/mol. The minimum Gasteiger partial charge on any atom is -0.345 e. The molecule has 0 saturated carbocycles. The lowest BCUT2D eigenvalue weighted by atomic mass is 10.2. The maximum absolute atomic E-state index is 12.5. The number of piperazine rings is 1. The summed E-state index contributed by atoms with van der Waals surface area (Å²) in [6.45, 7) is 4.32. The first-order valence-electron chi connectivity index (χ1n) is 8.10. The van der Waals surface area contributed by atoms with Crippen molar-refractivity contribution in [3.63, 3.8) is 0 Å². The van der Waals surface area contributed by atoms with Crippen molar-refractivity contribution in [2.75, 3.05) is 31.5 Å². The van der Waals surface area contributed by atoms with Crippen LogP contribution in [0.3, 0.4) is 0 Å². The average molecular weight is 390 g/mol. The van der Waals surface area contributed by atoms with Crippen molar-refractivity contribution in [2.45, 2.75) is 6.92 Å². The highest BCUT2D eigenvalue weighted by Crippen LogP contribution is 2.25. The van der Waals surface area contributed by atoms with Gasteiger partial charge in [-0.25, -0.2) is 0 Å². The summed E-state index contributed by atoms with van der Waals surface area (Å²) in [6, 6.07) is 10.9. The van der Waals surface area contributed by atoms with Crippen LogP contribution in [0.4, 0.5) is 10.7 Å². The highest BCUT2D eigenvalue weighted by atomic mass is 32.1. The molecule has 1 aliphatic heterocycles. The third-order valence-corrected chi connectivity index (χ3v) is 5.49. The Morgan fingerprint density at radius 2 is 1.88 bits per heavy atom. The van der Waals surface area contributed by atoms with E-state index in [9.17, 15) is 14.9 Å². The zero-order valence-electron chi connectivity index (χ0n) is 14.2. The van der Waals surface area contributed by atoms with Crippen LogP contribution in [-0.4, -0.2) is 51.9 Å². The number of thiocarbonyl (C=S) groups is 1. The highest BCUT2D eigenvalue weighted by Gasteiger charge is 2.25. The maximum atomic E-state index is 12.5. The molecule has 9 heteroatoms. The molecule has 0 unspecified atom stereocenters. The lowest BCUT2D eigenvalue weighted by Gasteiger charge is -2.36. The number of thiophene rings is 1. The number of nitro groups is 1. The van der Waals surface area contributed by atoms with Crippen molar-refractivity contribution in [3.8, 4) is 0 Å². The van der Waals surface area contributed by atoms with E-state index in [4.69, 9.17) is 12.2 Å². The van der Waals surface area contributed by atoms with Gasteiger partial charge in [0.25, 0.3) is 5.91 Å². The fraction of sp³-hybridized carbons (Fsp3) is 0.294. The lowest BCUT2D eigenvalue weighted by molar-refractivity contribution is -0.380. The van der Waals surface area contributed by atoms with Gasteiger partial charge in [0.1, 0.15) is 0 Å². The molecule has 1 aromatic carbocycles. The maximum Gasteiger partial charge on any atom is 0.324 e. The van der Waals surface area contributed by atoms with Crippen molar-refractivity contribution >= 4 is 45.3 Å². The van der Waals surface area contributed by atoms with Crippen LogP contribution in [-0.2, 0) is 0 Å². The number of rotatable bonds is 3. The van der Waals surface area contributed by atoms with Crippen molar-refractivity contribution in [3.05, 3.63) is 57.0 Å². The SMILES string of the molecule is Cc1cccc(NC(=S)N2CCN(C(=O)c3ccc([N+](=O)[O-])s3)CC2)c1. The smallest absolute Gasteiger partial charge is 0.324 e. The van der Waals surface area contributed by atoms with Crippen LogP contribution in [0.25, 0.3) is 0 Å². The fourth-order valence-corrected chi connectivity index (χ4v) is 3.82. The monoisotopic (exact) mass is 390 g/mol. The molecule has 7 nitrogen and oxygen atoms in total. The van der Waals surface area contributed by atoms with E-state index in [1.54, 1.807) is 4.90 Å². The van der Waals surface area contributed by atoms with Crippen molar-refractivity contribution in [1.29, 1.82) is 0 Å². The molecule has 2 heterocycles. The summed E-state index contributed by atoms with van der Waals surface area (Å²) in [7, 11) is 0. The molecule has 0 radical (unpaired) electrons. The van der Waals surface area contributed by atoms with E-state index in [1.807, 2.05) is 36.1 Å². The molecule has 0 bridgehead atoms. The number of anilines is 1. The molecule has 26 heavy (non-hydrogen) atoms. The Bertz CT molecular complexity index is 844. The molecule has 136 valence electrons. The Morgan fingerprint density at radius 1 is 1.19 bits per heavy atom. The number of nitrogens with zero attached hydrogens (tertiary/aromatic N) is 3. The van der Waals surface area contributed by atoms with Gasteiger partial charge >= 0.3 is 5.00 Å². The zero-order valence-corrected chi connectivity index (χ0v) is 15.8. The number of hydrogen-bond donors (Lipinski definition) is 1. The van der Waals surface area contributed by atoms with Crippen LogP contribution in [0, 0.1) is 17.0 Å². The van der Waals surface area contributed by atoms with Crippen molar-refractivity contribution in [2.24, 2.45) is 0 Å². The Kier molecular flexibility index (Phi) is 5.48. The van der Waals surface area contributed by atoms with Gasteiger partial charge in [-0.2, -0.15) is 0 Å². The molecule has 3 rings (SSSR count). The van der Waals surface area contributed by atoms with Gasteiger partial charge in [-0.1, -0.05) is 23.5 Å². The molecule has 1 aromatic heterocycles. The van der Waals surface area contributed by atoms with Crippen LogP contribution in [0.2, 0.25) is 0 Å². The summed E-state index contributed by atoms with van der Waals surface area (Å²) in [4.78, 5) is 26.9. The van der Waals surface area contributed by atoms with Gasteiger partial charge in [0.05, 0.1) is 9.80 Å². The van der Waals surface area contributed by atoms with E-state index >= 15 is 0 Å². The normalized spacial score (nSPS) is 14.2. The van der Waals surface area contributed by atoms with E-state index < -0.39 is 4.92 Å². The lowest BCUT2D eigenvalue weighted by Crippen LogP contribution is -2.51. The number of carbonyl (C=O) groups is 1. The second-order valence-corrected chi connectivity index (χ2v) is 7.42. The number of hydrogen-bond acceptors (Lipinski definition) is 5. The second-order valence-electron chi connectivity index (χ2n) is 5.97. The molecular formula is C17H18N4O3S2. The number of benzene rings is 1. The summed E-state index contributed by atoms with van der Waals surface area (Å²) in [5, 5.41) is 14.6. The molecule has 1 aliphatic rings. The number of amides is 1. The Labute approximate surface area is 160 Å². The average Bonchev–Trinajstić information content (AvgIpc) is 3.12. The summed E-state index contributed by atoms with van der Waals surface area (Å²) < 4.78 is 0. The van der Waals surface area contributed by atoms with E-state index in [2.05, 4.69) is 5.32 Å². The van der Waals surface area contributed by atoms with Crippen LogP contribution in [0.15, 0.2) is 36.4 Å². The molecule has 2 aromatic rings. The molecule has 0 spiro atoms. The van der Waals surface area contributed by atoms with Gasteiger partial charge in [0.15, 0.2) is 5.11 Å². The van der Waals surface area contributed by atoms with Crippen LogP contribution >= 0.6 is 23.6 Å². The minimum atomic E-state index is -0.477. The standard InChI is InChI=1S/C17H18N4O3S2/c1-12-3-2-4-13(11-12)18-17(25)20-9-7-19(8-10-20)16(22)14-5-6-15(26-14)21(23)24/h2-6,11H,7-10H2,1H3,(H,18,25). The summed E-state index contributed by atoms with van der Waals surface area (Å²) >= 11 is 6.38. The van der Waals surface area contributed by atoms with Crippen LogP contribution < -0.4 is 5.32 Å². The largest absolute Gasteiger partial charge is 0.345 e. The summed E-state index contributed by atoms with van der Waals surface area (Å²) in [5.41, 5.74) is 2.10. The van der Waals surface area contributed by atoms with Gasteiger partial charge in [-0.05, 0) is 42.9 Å². The van der Waals surface area contributed by atoms with Gasteiger partial charge in [-0.3, -0.25) is 14.9 Å². The summed E-state index contributed by atoms with van der Waals surface area (Å²) in [5.74, 6) is -0.166. The van der Waals surface area contributed by atoms with Crippen molar-refractivity contribution in [1.82, 2.24) is 9.80 Å². The number of carbonyl (C=O) groups excluding carboxylic acids is 1. The Morgan fingerprint density at radius 3 is 2.50 bits per heavy atom. The molecule has 1 fully saturated rings. The van der Waals surface area contributed by atoms with Crippen LogP contribution in [0.1, 0.15) is 15.2 Å². The van der Waals surface area contributed by atoms with Gasteiger partial charge in [0.2, 0.25) is 0 Å². The quantitative estimate of drug-likeness (QED) is 0.493. The third-order valence-electron chi connectivity index (χ3n) is 4.11. The van der Waals surface area contributed by atoms with Gasteiger partial charge in [0, 0.05) is 37.9 Å². The van der Waals surface area contributed by atoms with E-state index in [1.165, 1.54) is 12.1 Å². The first kappa shape index (κ1) is 18.3. The number of aryl methyl sites for hydroxylation is 1. The second kappa shape index (κ2) is 7.79. The first-order chi connectivity index (χ1) is 12.4. The van der Waals surface area contributed by atoms with Gasteiger partial charge in [-0.15, -0.1) is 0 Å². The minimum absolute atomic E-state index is 0.0180. The first-order valence-corrected chi connectivity index (χ1v) is 9.32. The van der Waals surface area contributed by atoms with Crippen LogP contribution in [0.5, 0.6) is 0 Å². The van der Waals surface area contributed by atoms with E-state index in [0.29, 0.717) is 36.2 Å². The molecule has 0 aliphatic carbocycles. The predicted molar refractivity (Wildman–Crippen MR) is 106 cm³/mol. The predicted octanol–water partition coefficient (Wildman–Crippen LogP) is 3.12. The Hall–Kier alpha value is -2.52. The molecule has 1 N–H and O–H groups in total. The summed E-state index contributed by atoms with van der Waals surface area (Å²) in [6.07, 6.45) is 0. The van der Waals surface area contributed by atoms with E-state index in [0.717, 1.165) is 22.6 Å². The highest BCUT2D eigenvalue weighted by molar-refractivity contribution is 7.80. The molecule has 1 saturated heterocycles. The number of nitrogens with one attached hydrogen (secondary N) is 1. The van der Waals surface area contributed by atoms with E-state index in [-0.39, 0.29) is 10.9 Å². The molecule has 1 amide bonds. The molecule has 0 atom stereocenters.